The molecule has 0 unspecified atom stereocenters. The van der Waals surface area contributed by atoms with Gasteiger partial charge in [-0.05, 0) is 47.4 Å². The second kappa shape index (κ2) is 6.58. The number of rotatable bonds is 4. The lowest BCUT2D eigenvalue weighted by atomic mass is 9.92. The number of fused-ring (bicyclic) bond motifs is 3. The molecular formula is C20H24N2O3. The Hall–Kier alpha value is -2.24. The molecule has 0 spiro atoms. The van der Waals surface area contributed by atoms with Crippen molar-refractivity contribution in [3.8, 4) is 17.2 Å². The number of ether oxygens (including phenoxy) is 3. The summed E-state index contributed by atoms with van der Waals surface area (Å²) in [5.74, 6) is 2.50. The molecule has 1 N–H and O–H groups in total. The summed E-state index contributed by atoms with van der Waals surface area (Å²) in [4.78, 5) is 2.54. The van der Waals surface area contributed by atoms with Crippen molar-refractivity contribution in [3.63, 3.8) is 0 Å². The molecule has 0 aliphatic carbocycles. The molecule has 0 bridgehead atoms. The van der Waals surface area contributed by atoms with Gasteiger partial charge in [-0.25, -0.2) is 0 Å². The highest BCUT2D eigenvalue weighted by atomic mass is 16.5. The molecule has 0 amide bonds. The normalized spacial score (nSPS) is 22.2. The molecule has 5 nitrogen and oxygen atoms in total. The number of hydrogen-bond donors (Lipinski definition) is 1. The molecule has 2 heterocycles. The Balaban J connectivity index is 1.64. The maximum absolute atomic E-state index is 5.51. The highest BCUT2D eigenvalue weighted by molar-refractivity contribution is 5.50. The Labute approximate surface area is 148 Å². The lowest BCUT2D eigenvalue weighted by Gasteiger charge is -2.35. The Morgan fingerprint density at radius 3 is 2.36 bits per heavy atom. The summed E-state index contributed by atoms with van der Waals surface area (Å²) < 4.78 is 16.2. The van der Waals surface area contributed by atoms with Crippen molar-refractivity contribution in [1.29, 1.82) is 0 Å². The zero-order valence-corrected chi connectivity index (χ0v) is 14.9. The molecule has 2 aromatic rings. The van der Waals surface area contributed by atoms with E-state index < -0.39 is 0 Å². The summed E-state index contributed by atoms with van der Waals surface area (Å²) >= 11 is 0. The van der Waals surface area contributed by atoms with Crippen LogP contribution in [0.25, 0.3) is 0 Å². The van der Waals surface area contributed by atoms with Crippen LogP contribution in [0.5, 0.6) is 17.2 Å². The third-order valence-electron chi connectivity index (χ3n) is 5.31. The Kier molecular flexibility index (Phi) is 4.27. The minimum atomic E-state index is 0.233. The lowest BCUT2D eigenvalue weighted by Crippen LogP contribution is -2.34. The first kappa shape index (κ1) is 16.2. The van der Waals surface area contributed by atoms with E-state index in [1.54, 1.807) is 21.3 Å². The van der Waals surface area contributed by atoms with E-state index in [1.165, 1.54) is 16.7 Å². The first-order valence-electron chi connectivity index (χ1n) is 8.63. The topological polar surface area (TPSA) is 43.0 Å². The number of nitrogens with one attached hydrogen (secondary N) is 1. The average Bonchev–Trinajstić information content (AvgIpc) is 3.11. The van der Waals surface area contributed by atoms with Gasteiger partial charge < -0.3 is 14.2 Å². The van der Waals surface area contributed by atoms with Crippen LogP contribution >= 0.6 is 0 Å². The molecule has 1 fully saturated rings. The molecule has 2 aliphatic heterocycles. The van der Waals surface area contributed by atoms with Gasteiger partial charge in [-0.1, -0.05) is 12.1 Å². The highest BCUT2D eigenvalue weighted by Gasteiger charge is 2.38. The van der Waals surface area contributed by atoms with Gasteiger partial charge in [0.05, 0.1) is 27.5 Å². The van der Waals surface area contributed by atoms with Crippen molar-refractivity contribution >= 4 is 0 Å². The number of benzene rings is 2. The van der Waals surface area contributed by atoms with Gasteiger partial charge in [-0.2, -0.15) is 0 Å². The van der Waals surface area contributed by atoms with Gasteiger partial charge in [0.1, 0.15) is 5.75 Å². The molecule has 2 aromatic carbocycles. The van der Waals surface area contributed by atoms with Crippen LogP contribution in [0, 0.1) is 0 Å². The van der Waals surface area contributed by atoms with Crippen molar-refractivity contribution in [1.82, 2.24) is 10.2 Å². The van der Waals surface area contributed by atoms with Crippen LogP contribution in [0.1, 0.15) is 28.9 Å². The molecule has 0 radical (unpaired) electrons. The third-order valence-corrected chi connectivity index (χ3v) is 5.31. The molecule has 2 aliphatic rings. The predicted octanol–water partition coefficient (Wildman–Crippen LogP) is 2.91. The van der Waals surface area contributed by atoms with Crippen LogP contribution in [-0.4, -0.2) is 39.3 Å². The molecule has 1 saturated heterocycles. The van der Waals surface area contributed by atoms with E-state index in [2.05, 4.69) is 34.5 Å². The summed E-state index contributed by atoms with van der Waals surface area (Å²) in [7, 11) is 5.08. The number of methoxy groups -OCH3 is 3. The van der Waals surface area contributed by atoms with E-state index in [0.29, 0.717) is 6.04 Å². The first-order valence-corrected chi connectivity index (χ1v) is 8.63. The van der Waals surface area contributed by atoms with E-state index >= 15 is 0 Å². The van der Waals surface area contributed by atoms with Crippen LogP contribution in [-0.2, 0) is 6.42 Å². The SMILES string of the molecule is COc1ccc([C@H]2NC[C@@H]3c4cc(OC)c(OC)cc4CCN32)cc1. The monoisotopic (exact) mass is 340 g/mol. The molecule has 0 saturated carbocycles. The molecule has 2 atom stereocenters. The second-order valence-electron chi connectivity index (χ2n) is 6.49. The van der Waals surface area contributed by atoms with Crippen LogP contribution in [0.3, 0.4) is 0 Å². The van der Waals surface area contributed by atoms with Gasteiger partial charge in [0.2, 0.25) is 0 Å². The fourth-order valence-electron chi connectivity index (χ4n) is 4.02. The maximum Gasteiger partial charge on any atom is 0.161 e. The molecular weight excluding hydrogens is 316 g/mol. The van der Waals surface area contributed by atoms with Crippen molar-refractivity contribution in [2.75, 3.05) is 34.4 Å². The predicted molar refractivity (Wildman–Crippen MR) is 96.4 cm³/mol. The Morgan fingerprint density at radius 1 is 0.960 bits per heavy atom. The van der Waals surface area contributed by atoms with Crippen molar-refractivity contribution in [3.05, 3.63) is 53.1 Å². The fourth-order valence-corrected chi connectivity index (χ4v) is 4.02. The smallest absolute Gasteiger partial charge is 0.161 e. The van der Waals surface area contributed by atoms with Gasteiger partial charge in [0.25, 0.3) is 0 Å². The zero-order chi connectivity index (χ0) is 17.4. The average molecular weight is 340 g/mol. The zero-order valence-electron chi connectivity index (χ0n) is 14.9. The summed E-state index contributed by atoms with van der Waals surface area (Å²) in [5.41, 5.74) is 3.97. The Bertz CT molecular complexity index is 760. The largest absolute Gasteiger partial charge is 0.497 e. The summed E-state index contributed by atoms with van der Waals surface area (Å²) in [5, 5.41) is 3.67. The van der Waals surface area contributed by atoms with Crippen LogP contribution < -0.4 is 19.5 Å². The highest BCUT2D eigenvalue weighted by Crippen LogP contribution is 2.43. The van der Waals surface area contributed by atoms with Crippen molar-refractivity contribution in [2.24, 2.45) is 0 Å². The fraction of sp³-hybridized carbons (Fsp3) is 0.400. The van der Waals surface area contributed by atoms with Crippen LogP contribution in [0.2, 0.25) is 0 Å². The van der Waals surface area contributed by atoms with E-state index in [1.807, 2.05) is 12.1 Å². The maximum atomic E-state index is 5.51. The number of hydrogen-bond acceptors (Lipinski definition) is 5. The van der Waals surface area contributed by atoms with E-state index in [-0.39, 0.29) is 6.17 Å². The molecule has 5 heteroatoms. The Morgan fingerprint density at radius 2 is 1.68 bits per heavy atom. The third kappa shape index (κ3) is 2.73. The minimum absolute atomic E-state index is 0.233. The summed E-state index contributed by atoms with van der Waals surface area (Å²) in [6, 6.07) is 13.0. The second-order valence-corrected chi connectivity index (χ2v) is 6.49. The number of nitrogens with zero attached hydrogens (tertiary/aromatic N) is 1. The minimum Gasteiger partial charge on any atom is -0.497 e. The van der Waals surface area contributed by atoms with Gasteiger partial charge in [0, 0.05) is 19.1 Å². The quantitative estimate of drug-likeness (QED) is 0.927. The van der Waals surface area contributed by atoms with Gasteiger partial charge >= 0.3 is 0 Å². The standard InChI is InChI=1S/C20H24N2O3/c1-23-15-6-4-13(5-7-15)20-21-12-17-16-11-19(25-3)18(24-2)10-14(16)8-9-22(17)20/h4-7,10-11,17,20-21H,8-9,12H2,1-3H3/t17-,20+/m1/s1. The van der Waals surface area contributed by atoms with E-state index in [0.717, 1.165) is 36.8 Å². The van der Waals surface area contributed by atoms with Crippen LogP contribution in [0.15, 0.2) is 36.4 Å². The van der Waals surface area contributed by atoms with Gasteiger partial charge in [-0.15, -0.1) is 0 Å². The first-order chi connectivity index (χ1) is 12.2. The lowest BCUT2D eigenvalue weighted by molar-refractivity contribution is 0.180. The van der Waals surface area contributed by atoms with Crippen molar-refractivity contribution in [2.45, 2.75) is 18.6 Å². The molecule has 0 aromatic heterocycles. The molecule has 132 valence electrons. The van der Waals surface area contributed by atoms with Gasteiger partial charge in [-0.3, -0.25) is 10.2 Å². The van der Waals surface area contributed by atoms with E-state index in [4.69, 9.17) is 14.2 Å². The summed E-state index contributed by atoms with van der Waals surface area (Å²) in [6.45, 7) is 1.95. The summed E-state index contributed by atoms with van der Waals surface area (Å²) in [6.07, 6.45) is 1.25. The van der Waals surface area contributed by atoms with Crippen molar-refractivity contribution < 1.29 is 14.2 Å². The van der Waals surface area contributed by atoms with Crippen LogP contribution in [0.4, 0.5) is 0 Å². The molecule has 25 heavy (non-hydrogen) atoms. The molecule has 4 rings (SSSR count). The van der Waals surface area contributed by atoms with Gasteiger partial charge in [0.15, 0.2) is 11.5 Å². The van der Waals surface area contributed by atoms with E-state index in [9.17, 15) is 0 Å².